The summed E-state index contributed by atoms with van der Waals surface area (Å²) in [6, 6.07) is 2.24. The molecule has 0 saturated carbocycles. The Bertz CT molecular complexity index is 423. The van der Waals surface area contributed by atoms with E-state index >= 15 is 0 Å². The maximum Gasteiger partial charge on any atom is 0.118 e. The van der Waals surface area contributed by atoms with Gasteiger partial charge in [-0.25, -0.2) is 0 Å². The standard InChI is InChI=1S/C17H30N2O/c1-5-8-18-11-15-10-16(20-14(15)2)12-19-9-6-7-17(3,4)13-19/h10,18H,5-9,11-13H2,1-4H3. The van der Waals surface area contributed by atoms with Gasteiger partial charge < -0.3 is 9.73 Å². The fraction of sp³-hybridized carbons (Fsp3) is 0.765. The highest BCUT2D eigenvalue weighted by Crippen LogP contribution is 2.29. The van der Waals surface area contributed by atoms with Crippen LogP contribution in [0, 0.1) is 12.3 Å². The summed E-state index contributed by atoms with van der Waals surface area (Å²) in [6.45, 7) is 14.3. The normalized spacial score (nSPS) is 19.4. The van der Waals surface area contributed by atoms with Gasteiger partial charge in [-0.1, -0.05) is 20.8 Å². The number of furan rings is 1. The third-order valence-corrected chi connectivity index (χ3v) is 4.17. The molecule has 1 aromatic rings. The molecule has 0 aliphatic carbocycles. The first-order chi connectivity index (χ1) is 9.50. The van der Waals surface area contributed by atoms with E-state index in [1.807, 2.05) is 0 Å². The van der Waals surface area contributed by atoms with Crippen LogP contribution in [-0.4, -0.2) is 24.5 Å². The minimum absolute atomic E-state index is 0.450. The van der Waals surface area contributed by atoms with Crippen LogP contribution < -0.4 is 5.32 Å². The van der Waals surface area contributed by atoms with E-state index in [9.17, 15) is 0 Å². The number of nitrogens with one attached hydrogen (secondary N) is 1. The summed E-state index contributed by atoms with van der Waals surface area (Å²) in [7, 11) is 0. The molecule has 0 unspecified atom stereocenters. The lowest BCUT2D eigenvalue weighted by Gasteiger charge is -2.37. The number of hydrogen-bond donors (Lipinski definition) is 1. The fourth-order valence-corrected chi connectivity index (χ4v) is 3.14. The molecule has 114 valence electrons. The van der Waals surface area contributed by atoms with Crippen molar-refractivity contribution in [2.45, 2.75) is 60.0 Å². The van der Waals surface area contributed by atoms with Gasteiger partial charge in [-0.15, -0.1) is 0 Å². The Labute approximate surface area is 123 Å². The number of likely N-dealkylation sites (tertiary alicyclic amines) is 1. The molecule has 1 aliphatic rings. The van der Waals surface area contributed by atoms with Crippen LogP contribution in [0.3, 0.4) is 0 Å². The van der Waals surface area contributed by atoms with E-state index in [4.69, 9.17) is 4.42 Å². The predicted octanol–water partition coefficient (Wildman–Crippen LogP) is 3.71. The van der Waals surface area contributed by atoms with E-state index in [2.05, 4.69) is 44.0 Å². The molecule has 3 nitrogen and oxygen atoms in total. The molecule has 0 radical (unpaired) electrons. The average Bonchev–Trinajstić information content (AvgIpc) is 2.69. The van der Waals surface area contributed by atoms with Crippen LogP contribution in [0.4, 0.5) is 0 Å². The van der Waals surface area contributed by atoms with Crippen LogP contribution >= 0.6 is 0 Å². The number of nitrogens with zero attached hydrogens (tertiary/aromatic N) is 1. The van der Waals surface area contributed by atoms with Crippen molar-refractivity contribution in [2.24, 2.45) is 5.41 Å². The molecule has 0 atom stereocenters. The molecule has 1 N–H and O–H groups in total. The van der Waals surface area contributed by atoms with Crippen molar-refractivity contribution in [3.63, 3.8) is 0 Å². The minimum atomic E-state index is 0.450. The molecule has 0 amide bonds. The van der Waals surface area contributed by atoms with Crippen LogP contribution in [0.5, 0.6) is 0 Å². The van der Waals surface area contributed by atoms with E-state index in [0.717, 1.165) is 31.2 Å². The van der Waals surface area contributed by atoms with Crippen LogP contribution in [0.15, 0.2) is 10.5 Å². The zero-order valence-corrected chi connectivity index (χ0v) is 13.6. The Morgan fingerprint density at radius 2 is 2.20 bits per heavy atom. The van der Waals surface area contributed by atoms with Crippen LogP contribution in [0.1, 0.15) is 57.1 Å². The second-order valence-corrected chi connectivity index (χ2v) is 6.95. The quantitative estimate of drug-likeness (QED) is 0.804. The summed E-state index contributed by atoms with van der Waals surface area (Å²) in [4.78, 5) is 2.53. The van der Waals surface area contributed by atoms with Crippen molar-refractivity contribution < 1.29 is 4.42 Å². The highest BCUT2D eigenvalue weighted by Gasteiger charge is 2.26. The first-order valence-corrected chi connectivity index (χ1v) is 8.01. The Kier molecular flexibility index (Phi) is 5.28. The number of piperidine rings is 1. The highest BCUT2D eigenvalue weighted by molar-refractivity contribution is 5.20. The van der Waals surface area contributed by atoms with Crippen LogP contribution in [0.25, 0.3) is 0 Å². The van der Waals surface area contributed by atoms with Crippen molar-refractivity contribution in [1.29, 1.82) is 0 Å². The van der Waals surface area contributed by atoms with E-state index in [1.165, 1.54) is 37.9 Å². The smallest absolute Gasteiger partial charge is 0.118 e. The molecule has 0 spiro atoms. The molecule has 1 aromatic heterocycles. The van der Waals surface area contributed by atoms with Crippen LogP contribution in [0.2, 0.25) is 0 Å². The topological polar surface area (TPSA) is 28.4 Å². The second kappa shape index (κ2) is 6.77. The fourth-order valence-electron chi connectivity index (χ4n) is 3.14. The first kappa shape index (κ1) is 15.6. The predicted molar refractivity (Wildman–Crippen MR) is 83.7 cm³/mol. The minimum Gasteiger partial charge on any atom is -0.465 e. The lowest BCUT2D eigenvalue weighted by atomic mass is 9.84. The van der Waals surface area contributed by atoms with Crippen molar-refractivity contribution >= 4 is 0 Å². The van der Waals surface area contributed by atoms with Gasteiger partial charge in [0, 0.05) is 18.7 Å². The van der Waals surface area contributed by atoms with Gasteiger partial charge in [0.15, 0.2) is 0 Å². The average molecular weight is 278 g/mol. The van der Waals surface area contributed by atoms with E-state index in [1.54, 1.807) is 0 Å². The monoisotopic (exact) mass is 278 g/mol. The molecule has 1 saturated heterocycles. The first-order valence-electron chi connectivity index (χ1n) is 8.01. The molecule has 20 heavy (non-hydrogen) atoms. The molecule has 2 rings (SSSR count). The lowest BCUT2D eigenvalue weighted by molar-refractivity contribution is 0.105. The zero-order chi connectivity index (χ0) is 14.6. The molecule has 0 aromatic carbocycles. The van der Waals surface area contributed by atoms with Gasteiger partial charge in [0.05, 0.1) is 6.54 Å². The summed E-state index contributed by atoms with van der Waals surface area (Å²) >= 11 is 0. The number of hydrogen-bond acceptors (Lipinski definition) is 3. The van der Waals surface area contributed by atoms with Crippen molar-refractivity contribution in [2.75, 3.05) is 19.6 Å². The summed E-state index contributed by atoms with van der Waals surface area (Å²) < 4.78 is 5.93. The summed E-state index contributed by atoms with van der Waals surface area (Å²) in [6.07, 6.45) is 3.82. The Morgan fingerprint density at radius 3 is 2.90 bits per heavy atom. The molecular weight excluding hydrogens is 248 g/mol. The van der Waals surface area contributed by atoms with Gasteiger partial charge >= 0.3 is 0 Å². The zero-order valence-electron chi connectivity index (χ0n) is 13.6. The number of rotatable bonds is 6. The summed E-state index contributed by atoms with van der Waals surface area (Å²) in [5.74, 6) is 2.19. The van der Waals surface area contributed by atoms with E-state index in [-0.39, 0.29) is 0 Å². The van der Waals surface area contributed by atoms with E-state index in [0.29, 0.717) is 5.41 Å². The SMILES string of the molecule is CCCNCc1cc(CN2CCCC(C)(C)C2)oc1C. The second-order valence-electron chi connectivity index (χ2n) is 6.95. The van der Waals surface area contributed by atoms with Crippen LogP contribution in [-0.2, 0) is 13.1 Å². The molecule has 0 bridgehead atoms. The molecule has 3 heteroatoms. The Balaban J connectivity index is 1.91. The summed E-state index contributed by atoms with van der Waals surface area (Å²) in [5.41, 5.74) is 1.76. The maximum atomic E-state index is 5.93. The van der Waals surface area contributed by atoms with Crippen molar-refractivity contribution in [3.05, 3.63) is 23.2 Å². The van der Waals surface area contributed by atoms with Gasteiger partial charge in [-0.05, 0) is 50.8 Å². The van der Waals surface area contributed by atoms with Gasteiger partial charge in [-0.3, -0.25) is 4.90 Å². The molecule has 1 fully saturated rings. The van der Waals surface area contributed by atoms with Gasteiger partial charge in [-0.2, -0.15) is 0 Å². The lowest BCUT2D eigenvalue weighted by Crippen LogP contribution is -2.39. The van der Waals surface area contributed by atoms with E-state index < -0.39 is 0 Å². The largest absolute Gasteiger partial charge is 0.465 e. The molecule has 2 heterocycles. The molecule has 1 aliphatic heterocycles. The highest BCUT2D eigenvalue weighted by atomic mass is 16.3. The van der Waals surface area contributed by atoms with Gasteiger partial charge in [0.25, 0.3) is 0 Å². The van der Waals surface area contributed by atoms with Crippen molar-refractivity contribution in [1.82, 2.24) is 10.2 Å². The third-order valence-electron chi connectivity index (χ3n) is 4.17. The van der Waals surface area contributed by atoms with Crippen molar-refractivity contribution in [3.8, 4) is 0 Å². The maximum absolute atomic E-state index is 5.93. The number of aryl methyl sites for hydroxylation is 1. The molecular formula is C17H30N2O. The van der Waals surface area contributed by atoms with Gasteiger partial charge in [0.1, 0.15) is 11.5 Å². The Morgan fingerprint density at radius 1 is 1.40 bits per heavy atom. The summed E-state index contributed by atoms with van der Waals surface area (Å²) in [5, 5.41) is 3.45. The third kappa shape index (κ3) is 4.35. The van der Waals surface area contributed by atoms with Gasteiger partial charge in [0.2, 0.25) is 0 Å². The Hall–Kier alpha value is -0.800.